The Morgan fingerprint density at radius 2 is 2.14 bits per heavy atom. The van der Waals surface area contributed by atoms with Crippen LogP contribution in [0, 0.1) is 5.92 Å². The number of carbonyl (C=O) groups excluding carboxylic acids is 1. The molecule has 0 radical (unpaired) electrons. The first-order valence-corrected chi connectivity index (χ1v) is 7.20. The van der Waals surface area contributed by atoms with Crippen LogP contribution in [0.15, 0.2) is 24.3 Å². The summed E-state index contributed by atoms with van der Waals surface area (Å²) in [5.41, 5.74) is 1.56. The molecule has 21 heavy (non-hydrogen) atoms. The molecule has 0 aromatic heterocycles. The van der Waals surface area contributed by atoms with E-state index in [2.05, 4.69) is 5.32 Å². The van der Waals surface area contributed by atoms with Gasteiger partial charge in [-0.25, -0.2) is 4.79 Å². The monoisotopic (exact) mass is 291 g/mol. The number of benzene rings is 1. The highest BCUT2D eigenvalue weighted by atomic mass is 16.5. The van der Waals surface area contributed by atoms with E-state index in [-0.39, 0.29) is 11.8 Å². The van der Waals surface area contributed by atoms with Gasteiger partial charge in [0.05, 0.1) is 6.61 Å². The summed E-state index contributed by atoms with van der Waals surface area (Å²) in [7, 11) is 0. The molecule has 114 valence electrons. The quantitative estimate of drug-likeness (QED) is 0.870. The van der Waals surface area contributed by atoms with E-state index in [9.17, 15) is 9.59 Å². The lowest BCUT2D eigenvalue weighted by Crippen LogP contribution is -2.44. The van der Waals surface area contributed by atoms with Gasteiger partial charge in [0.15, 0.2) is 0 Å². The summed E-state index contributed by atoms with van der Waals surface area (Å²) in [6.07, 6.45) is 0.953. The van der Waals surface area contributed by atoms with Crippen molar-refractivity contribution in [3.63, 3.8) is 0 Å². The number of carboxylic acid groups (broad SMARTS) is 1. The number of amides is 1. The fourth-order valence-electron chi connectivity index (χ4n) is 2.47. The van der Waals surface area contributed by atoms with Crippen LogP contribution in [-0.4, -0.2) is 36.2 Å². The fraction of sp³-hybridized carbons (Fsp3) is 0.500. The van der Waals surface area contributed by atoms with Gasteiger partial charge in [0.2, 0.25) is 0 Å². The van der Waals surface area contributed by atoms with Crippen LogP contribution in [0.3, 0.4) is 0 Å². The van der Waals surface area contributed by atoms with Crippen molar-refractivity contribution in [2.24, 2.45) is 5.92 Å². The van der Waals surface area contributed by atoms with Crippen molar-refractivity contribution in [2.75, 3.05) is 13.2 Å². The summed E-state index contributed by atoms with van der Waals surface area (Å²) in [4.78, 5) is 23.4. The van der Waals surface area contributed by atoms with Gasteiger partial charge in [0.25, 0.3) is 5.91 Å². The van der Waals surface area contributed by atoms with Gasteiger partial charge in [-0.3, -0.25) is 4.79 Å². The standard InChI is InChI=1S/C16H21NO4/c1-10(2)14(16(19)20)17-15(18)12-5-3-4-11(8-12)13-6-7-21-9-13/h3-5,8,10,13-14H,6-7,9H2,1-2H3,(H,17,18)(H,19,20). The van der Waals surface area contributed by atoms with Gasteiger partial charge in [-0.05, 0) is 30.0 Å². The van der Waals surface area contributed by atoms with Gasteiger partial charge in [0.1, 0.15) is 6.04 Å². The Kier molecular flexibility index (Phi) is 4.96. The molecule has 2 unspecified atom stereocenters. The molecular weight excluding hydrogens is 270 g/mol. The third kappa shape index (κ3) is 3.82. The highest BCUT2D eigenvalue weighted by Gasteiger charge is 2.24. The average Bonchev–Trinajstić information content (AvgIpc) is 2.98. The van der Waals surface area contributed by atoms with Crippen LogP contribution in [0.25, 0.3) is 0 Å². The molecule has 2 N–H and O–H groups in total. The minimum Gasteiger partial charge on any atom is -0.480 e. The molecule has 1 aromatic carbocycles. The third-order valence-electron chi connectivity index (χ3n) is 3.77. The van der Waals surface area contributed by atoms with Crippen LogP contribution in [0.4, 0.5) is 0 Å². The normalized spacial score (nSPS) is 19.5. The van der Waals surface area contributed by atoms with Crippen LogP contribution in [0.5, 0.6) is 0 Å². The Bertz CT molecular complexity index is 521. The topological polar surface area (TPSA) is 75.6 Å². The van der Waals surface area contributed by atoms with Crippen LogP contribution in [0.2, 0.25) is 0 Å². The maximum absolute atomic E-state index is 12.2. The number of hydrogen-bond acceptors (Lipinski definition) is 3. The lowest BCUT2D eigenvalue weighted by Gasteiger charge is -2.18. The third-order valence-corrected chi connectivity index (χ3v) is 3.77. The molecule has 1 fully saturated rings. The Morgan fingerprint density at radius 3 is 2.71 bits per heavy atom. The van der Waals surface area contributed by atoms with Crippen LogP contribution >= 0.6 is 0 Å². The van der Waals surface area contributed by atoms with Crippen molar-refractivity contribution in [2.45, 2.75) is 32.2 Å². The van der Waals surface area contributed by atoms with Crippen molar-refractivity contribution in [3.05, 3.63) is 35.4 Å². The molecule has 1 amide bonds. The van der Waals surface area contributed by atoms with Gasteiger partial charge in [-0.1, -0.05) is 26.0 Å². The predicted octanol–water partition coefficient (Wildman–Crippen LogP) is 2.03. The molecule has 1 saturated heterocycles. The van der Waals surface area contributed by atoms with Gasteiger partial charge in [-0.15, -0.1) is 0 Å². The maximum Gasteiger partial charge on any atom is 0.326 e. The molecule has 0 spiro atoms. The van der Waals surface area contributed by atoms with E-state index in [1.165, 1.54) is 0 Å². The molecule has 1 aromatic rings. The fourth-order valence-corrected chi connectivity index (χ4v) is 2.47. The lowest BCUT2D eigenvalue weighted by atomic mass is 9.96. The summed E-state index contributed by atoms with van der Waals surface area (Å²) in [5, 5.41) is 11.7. The predicted molar refractivity (Wildman–Crippen MR) is 78.3 cm³/mol. The smallest absolute Gasteiger partial charge is 0.326 e. The van der Waals surface area contributed by atoms with Gasteiger partial charge < -0.3 is 15.2 Å². The number of carboxylic acids is 1. The zero-order chi connectivity index (χ0) is 15.4. The van der Waals surface area contributed by atoms with Crippen molar-refractivity contribution in [3.8, 4) is 0 Å². The van der Waals surface area contributed by atoms with Crippen LogP contribution in [0.1, 0.15) is 42.1 Å². The number of carbonyl (C=O) groups is 2. The molecule has 1 aliphatic rings. The molecule has 0 saturated carbocycles. The average molecular weight is 291 g/mol. The molecular formula is C16H21NO4. The molecule has 2 rings (SSSR count). The van der Waals surface area contributed by atoms with E-state index in [0.717, 1.165) is 18.6 Å². The van der Waals surface area contributed by atoms with Gasteiger partial charge in [0, 0.05) is 18.1 Å². The SMILES string of the molecule is CC(C)C(NC(=O)c1cccc(C2CCOC2)c1)C(=O)O. The second kappa shape index (κ2) is 6.72. The second-order valence-electron chi connectivity index (χ2n) is 5.72. The Labute approximate surface area is 124 Å². The van der Waals surface area contributed by atoms with Gasteiger partial charge >= 0.3 is 5.97 Å². The Balaban J connectivity index is 2.11. The highest BCUT2D eigenvalue weighted by molar-refractivity contribution is 5.96. The number of rotatable bonds is 5. The minimum atomic E-state index is -1.02. The van der Waals surface area contributed by atoms with Crippen molar-refractivity contribution in [1.29, 1.82) is 0 Å². The molecule has 1 heterocycles. The highest BCUT2D eigenvalue weighted by Crippen LogP contribution is 2.25. The number of aliphatic carboxylic acids is 1. The largest absolute Gasteiger partial charge is 0.480 e. The molecule has 2 atom stereocenters. The van der Waals surface area contributed by atoms with E-state index < -0.39 is 12.0 Å². The van der Waals surface area contributed by atoms with E-state index in [0.29, 0.717) is 18.1 Å². The Morgan fingerprint density at radius 1 is 1.38 bits per heavy atom. The minimum absolute atomic E-state index is 0.169. The number of nitrogens with one attached hydrogen (secondary N) is 1. The van der Waals surface area contributed by atoms with Crippen molar-refractivity contribution >= 4 is 11.9 Å². The Hall–Kier alpha value is -1.88. The van der Waals surface area contributed by atoms with E-state index >= 15 is 0 Å². The van der Waals surface area contributed by atoms with Crippen LogP contribution < -0.4 is 5.32 Å². The summed E-state index contributed by atoms with van der Waals surface area (Å²) >= 11 is 0. The number of hydrogen-bond donors (Lipinski definition) is 2. The first-order chi connectivity index (χ1) is 9.99. The molecule has 5 nitrogen and oxygen atoms in total. The zero-order valence-corrected chi connectivity index (χ0v) is 12.3. The van der Waals surface area contributed by atoms with Gasteiger partial charge in [-0.2, -0.15) is 0 Å². The van der Waals surface area contributed by atoms with Crippen molar-refractivity contribution < 1.29 is 19.4 Å². The molecule has 0 bridgehead atoms. The summed E-state index contributed by atoms with van der Waals surface area (Å²) in [6, 6.07) is 6.46. The van der Waals surface area contributed by atoms with Crippen LogP contribution in [-0.2, 0) is 9.53 Å². The summed E-state index contributed by atoms with van der Waals surface area (Å²) in [6.45, 7) is 4.96. The summed E-state index contributed by atoms with van der Waals surface area (Å²) < 4.78 is 5.36. The second-order valence-corrected chi connectivity index (χ2v) is 5.72. The summed E-state index contributed by atoms with van der Waals surface area (Å²) in [5.74, 6) is -1.22. The molecule has 5 heteroatoms. The van der Waals surface area contributed by atoms with Crippen molar-refractivity contribution in [1.82, 2.24) is 5.32 Å². The molecule has 0 aliphatic carbocycles. The van der Waals surface area contributed by atoms with E-state index in [1.807, 2.05) is 18.2 Å². The molecule has 1 aliphatic heterocycles. The first kappa shape index (κ1) is 15.5. The maximum atomic E-state index is 12.2. The first-order valence-electron chi connectivity index (χ1n) is 7.20. The zero-order valence-electron chi connectivity index (χ0n) is 12.3. The lowest BCUT2D eigenvalue weighted by molar-refractivity contribution is -0.140. The van der Waals surface area contributed by atoms with E-state index in [1.54, 1.807) is 19.9 Å². The van der Waals surface area contributed by atoms with E-state index in [4.69, 9.17) is 9.84 Å². The number of ether oxygens (including phenoxy) is 1.